The number of carbonyl (C=O) groups is 2. The molecule has 4 atom stereocenters. The van der Waals surface area contributed by atoms with Crippen molar-refractivity contribution in [1.29, 1.82) is 0 Å². The van der Waals surface area contributed by atoms with E-state index in [1.54, 1.807) is 32.1 Å². The Morgan fingerprint density at radius 2 is 1.67 bits per heavy atom. The minimum Gasteiger partial charge on any atom is -0.459 e. The summed E-state index contributed by atoms with van der Waals surface area (Å²) in [7, 11) is 0. The lowest BCUT2D eigenvalue weighted by atomic mass is 9.68. The van der Waals surface area contributed by atoms with Gasteiger partial charge in [0.25, 0.3) is 0 Å². The molecule has 2 aromatic rings. The van der Waals surface area contributed by atoms with E-state index in [4.69, 9.17) is 9.52 Å². The Labute approximate surface area is 236 Å². The first-order valence-electron chi connectivity index (χ1n) is 13.1. The zero-order valence-corrected chi connectivity index (χ0v) is 22.6. The molecule has 1 aliphatic heterocycles. The normalized spacial score (nSPS) is 22.7. The number of carbonyl (C=O) groups excluding carboxylic acids is 2. The fourth-order valence-corrected chi connectivity index (χ4v) is 5.83. The van der Waals surface area contributed by atoms with Gasteiger partial charge in [0.05, 0.1) is 41.4 Å². The summed E-state index contributed by atoms with van der Waals surface area (Å²) in [6.07, 6.45) is -9.34. The molecule has 1 fully saturated rings. The second-order valence-corrected chi connectivity index (χ2v) is 10.6. The average molecular weight is 602 g/mol. The molecular formula is C29H29F6NO6. The lowest BCUT2D eigenvalue weighted by molar-refractivity contribution is -0.143. The zero-order chi connectivity index (χ0) is 31.1. The van der Waals surface area contributed by atoms with E-state index in [-0.39, 0.29) is 25.5 Å². The Morgan fingerprint density at radius 1 is 1.05 bits per heavy atom. The van der Waals surface area contributed by atoms with Crippen molar-refractivity contribution in [3.63, 3.8) is 0 Å². The lowest BCUT2D eigenvalue weighted by Crippen LogP contribution is -2.38. The van der Waals surface area contributed by atoms with Crippen LogP contribution in [0, 0.1) is 17.8 Å². The maximum absolute atomic E-state index is 13.5. The first kappa shape index (κ1) is 31.5. The number of allylic oxidation sites excluding steroid dienone is 2. The van der Waals surface area contributed by atoms with Crippen molar-refractivity contribution in [1.82, 2.24) is 0 Å². The van der Waals surface area contributed by atoms with E-state index in [0.717, 1.165) is 5.57 Å². The topological polar surface area (TPSA) is 111 Å². The van der Waals surface area contributed by atoms with Crippen LogP contribution in [0.2, 0.25) is 0 Å². The Hall–Kier alpha value is -3.42. The van der Waals surface area contributed by atoms with Crippen LogP contribution in [-0.2, 0) is 28.5 Å². The van der Waals surface area contributed by atoms with E-state index in [9.17, 15) is 46.1 Å². The smallest absolute Gasteiger partial charge is 0.416 e. The highest BCUT2D eigenvalue weighted by atomic mass is 19.4. The summed E-state index contributed by atoms with van der Waals surface area (Å²) in [6.45, 7) is 2.45. The summed E-state index contributed by atoms with van der Waals surface area (Å²) in [4.78, 5) is 27.2. The molecule has 1 aromatic carbocycles. The van der Waals surface area contributed by atoms with Gasteiger partial charge in [-0.2, -0.15) is 26.3 Å². The van der Waals surface area contributed by atoms with Crippen LogP contribution in [-0.4, -0.2) is 39.8 Å². The molecule has 13 heteroatoms. The molecule has 0 spiro atoms. The Bertz CT molecular complexity index is 1390. The van der Waals surface area contributed by atoms with Crippen molar-refractivity contribution >= 4 is 23.6 Å². The number of furan rings is 1. The molecule has 228 valence electrons. The minimum atomic E-state index is -5.18. The molecule has 7 nitrogen and oxygen atoms in total. The molecule has 42 heavy (non-hydrogen) atoms. The number of aliphatic hydroxyl groups is 3. The number of nitrogens with zero attached hydrogens (tertiary/aromatic N) is 1. The molecule has 4 rings (SSSR count). The van der Waals surface area contributed by atoms with E-state index >= 15 is 0 Å². The molecule has 1 aromatic heterocycles. The van der Waals surface area contributed by atoms with Gasteiger partial charge in [-0.15, -0.1) is 0 Å². The number of hydrogen-bond donors (Lipinski definition) is 3. The molecule has 0 unspecified atom stereocenters. The first-order chi connectivity index (χ1) is 19.6. The van der Waals surface area contributed by atoms with Gasteiger partial charge in [0.1, 0.15) is 18.1 Å². The van der Waals surface area contributed by atoms with E-state index in [2.05, 4.69) is 0 Å². The summed E-state index contributed by atoms with van der Waals surface area (Å²) in [5.74, 6) is -4.62. The maximum Gasteiger partial charge on any atom is 0.416 e. The van der Waals surface area contributed by atoms with Crippen LogP contribution in [0.5, 0.6) is 0 Å². The third-order valence-electron chi connectivity index (χ3n) is 7.75. The predicted octanol–water partition coefficient (Wildman–Crippen LogP) is 5.49. The fraction of sp³-hybridized carbons (Fsp3) is 0.448. The number of anilines is 1. The molecule has 2 aliphatic rings. The van der Waals surface area contributed by atoms with Crippen LogP contribution in [0.15, 0.2) is 51.5 Å². The Kier molecular flexibility index (Phi) is 8.77. The number of imide groups is 1. The third kappa shape index (κ3) is 6.18. The van der Waals surface area contributed by atoms with E-state index in [1.807, 2.05) is 0 Å². The molecule has 2 heterocycles. The maximum atomic E-state index is 13.5. The van der Waals surface area contributed by atoms with Crippen molar-refractivity contribution in [3.8, 4) is 0 Å². The predicted molar refractivity (Wildman–Crippen MR) is 137 cm³/mol. The highest BCUT2D eigenvalue weighted by molar-refractivity contribution is 6.22. The van der Waals surface area contributed by atoms with Gasteiger partial charge < -0.3 is 19.7 Å². The van der Waals surface area contributed by atoms with Gasteiger partial charge in [0.2, 0.25) is 11.8 Å². The van der Waals surface area contributed by atoms with Gasteiger partial charge >= 0.3 is 12.4 Å². The Balaban J connectivity index is 1.61. The summed E-state index contributed by atoms with van der Waals surface area (Å²) >= 11 is 0. The first-order valence-corrected chi connectivity index (χ1v) is 13.1. The van der Waals surface area contributed by atoms with Crippen molar-refractivity contribution in [2.45, 2.75) is 58.2 Å². The number of halogens is 6. The number of rotatable bonds is 8. The monoisotopic (exact) mass is 601 g/mol. The van der Waals surface area contributed by atoms with E-state index < -0.39 is 71.4 Å². The van der Waals surface area contributed by atoms with Gasteiger partial charge in [-0.05, 0) is 75.1 Å². The van der Waals surface area contributed by atoms with Crippen LogP contribution >= 0.6 is 0 Å². The summed E-state index contributed by atoms with van der Waals surface area (Å²) < 4.78 is 86.1. The van der Waals surface area contributed by atoms with Crippen LogP contribution in [0.25, 0.3) is 6.08 Å². The van der Waals surface area contributed by atoms with Crippen LogP contribution in [0.1, 0.15) is 55.8 Å². The average Bonchev–Trinajstić information content (AvgIpc) is 3.46. The van der Waals surface area contributed by atoms with Gasteiger partial charge in [0.15, 0.2) is 0 Å². The SMILES string of the molecule is CC1=C([C@H](O)CC/C(C)=C/c2ccc(CO)o2)[C@H](CO)[C@@H]2C(=O)N(c3cc(C(F)(F)F)cc(C(F)(F)F)c3)C(=O)[C@@H]2C1. The highest BCUT2D eigenvalue weighted by Gasteiger charge is 2.55. The molecule has 1 aliphatic carbocycles. The standard InChI is InChI=1S/C29H29F6NO6/c1-14(7-19-4-5-20(12-37)42-19)3-6-23(39)24-15(2)8-21-25(22(24)13-38)27(41)36(26(21)40)18-10-16(28(30,31)32)9-17(11-18)29(33,34)35/h4-5,7,9-11,21-23,25,37-39H,3,6,8,12-13H2,1-2H3/b14-7+/t21-,22+,23-,25-/m1/s1. The number of hydrogen-bond acceptors (Lipinski definition) is 6. The minimum absolute atomic E-state index is 0.0646. The van der Waals surface area contributed by atoms with Crippen molar-refractivity contribution in [3.05, 3.63) is 69.7 Å². The van der Waals surface area contributed by atoms with Crippen molar-refractivity contribution in [2.75, 3.05) is 11.5 Å². The highest BCUT2D eigenvalue weighted by Crippen LogP contribution is 2.48. The second kappa shape index (κ2) is 11.7. The number of benzene rings is 1. The lowest BCUT2D eigenvalue weighted by Gasteiger charge is -2.35. The molecule has 1 saturated heterocycles. The van der Waals surface area contributed by atoms with Gasteiger partial charge in [-0.25, -0.2) is 4.90 Å². The number of fused-ring (bicyclic) bond motifs is 1. The zero-order valence-electron chi connectivity index (χ0n) is 22.6. The molecule has 0 radical (unpaired) electrons. The summed E-state index contributed by atoms with van der Waals surface area (Å²) in [5.41, 5.74) is -2.57. The quantitative estimate of drug-likeness (QED) is 0.210. The fourth-order valence-electron chi connectivity index (χ4n) is 5.83. The van der Waals surface area contributed by atoms with Crippen molar-refractivity contribution in [2.24, 2.45) is 17.8 Å². The van der Waals surface area contributed by atoms with Crippen LogP contribution in [0.4, 0.5) is 32.0 Å². The Morgan fingerprint density at radius 3 is 2.19 bits per heavy atom. The van der Waals surface area contributed by atoms with Crippen LogP contribution in [0.3, 0.4) is 0 Å². The van der Waals surface area contributed by atoms with Gasteiger partial charge in [-0.3, -0.25) is 9.59 Å². The second-order valence-electron chi connectivity index (χ2n) is 10.6. The number of amides is 2. The molecule has 3 N–H and O–H groups in total. The van der Waals surface area contributed by atoms with E-state index in [0.29, 0.717) is 46.1 Å². The molecule has 0 bridgehead atoms. The molecular weight excluding hydrogens is 572 g/mol. The number of alkyl halides is 6. The molecule has 2 amide bonds. The molecule has 0 saturated carbocycles. The van der Waals surface area contributed by atoms with Crippen LogP contribution < -0.4 is 4.90 Å². The van der Waals surface area contributed by atoms with E-state index in [1.165, 1.54) is 0 Å². The van der Waals surface area contributed by atoms with Gasteiger partial charge in [-0.1, -0.05) is 11.1 Å². The van der Waals surface area contributed by atoms with Crippen molar-refractivity contribution < 1.29 is 55.7 Å². The van der Waals surface area contributed by atoms with Gasteiger partial charge in [0, 0.05) is 5.92 Å². The number of aliphatic hydroxyl groups excluding tert-OH is 3. The third-order valence-corrected chi connectivity index (χ3v) is 7.75. The summed E-state index contributed by atoms with van der Waals surface area (Å²) in [5, 5.41) is 30.5. The summed E-state index contributed by atoms with van der Waals surface area (Å²) in [6, 6.07) is 3.83. The largest absolute Gasteiger partial charge is 0.459 e.